The Morgan fingerprint density at radius 3 is 2.17 bits per heavy atom. The predicted octanol–water partition coefficient (Wildman–Crippen LogP) is 2.40. The number of rotatable bonds is 6. The van der Waals surface area contributed by atoms with Crippen LogP contribution < -0.4 is 10.6 Å². The molecule has 1 aromatic carbocycles. The van der Waals surface area contributed by atoms with Crippen LogP contribution in [-0.2, 0) is 0 Å². The van der Waals surface area contributed by atoms with Crippen molar-refractivity contribution >= 4 is 11.4 Å². The number of nitrogen functional groups attached to an aromatic ring is 1. The standard InChI is InChI=1S/C17H28F2N4/c1-4-22(10-9-21(2)3)14-5-7-23(8-6-14)17-15(18)11-13(20)12-16(17)19/h11-12,14H,4-10,20H2,1-3H3. The van der Waals surface area contributed by atoms with Gasteiger partial charge in [-0.15, -0.1) is 0 Å². The van der Waals surface area contributed by atoms with Crippen LogP contribution in [0.1, 0.15) is 19.8 Å². The average molecular weight is 326 g/mol. The molecule has 2 rings (SSSR count). The number of piperidine rings is 1. The lowest BCUT2D eigenvalue weighted by atomic mass is 10.0. The summed E-state index contributed by atoms with van der Waals surface area (Å²) in [5, 5.41) is 0. The van der Waals surface area contributed by atoms with E-state index < -0.39 is 11.6 Å². The molecule has 1 fully saturated rings. The van der Waals surface area contributed by atoms with Crippen LogP contribution in [0.4, 0.5) is 20.2 Å². The number of hydrogen-bond acceptors (Lipinski definition) is 4. The van der Waals surface area contributed by atoms with E-state index in [-0.39, 0.29) is 11.4 Å². The molecule has 23 heavy (non-hydrogen) atoms. The SMILES string of the molecule is CCN(CCN(C)C)C1CCN(c2c(F)cc(N)cc2F)CC1. The number of halogens is 2. The van der Waals surface area contributed by atoms with Crippen molar-refractivity contribution in [2.75, 3.05) is 57.5 Å². The number of anilines is 2. The van der Waals surface area contributed by atoms with Crippen LogP contribution in [0, 0.1) is 11.6 Å². The van der Waals surface area contributed by atoms with Crippen molar-refractivity contribution in [1.82, 2.24) is 9.80 Å². The Hall–Kier alpha value is -1.40. The van der Waals surface area contributed by atoms with E-state index in [4.69, 9.17) is 5.73 Å². The van der Waals surface area contributed by atoms with Crippen LogP contribution in [0.3, 0.4) is 0 Å². The Labute approximate surface area is 137 Å². The van der Waals surface area contributed by atoms with E-state index in [2.05, 4.69) is 30.8 Å². The summed E-state index contributed by atoms with van der Waals surface area (Å²) in [6, 6.07) is 2.87. The summed E-state index contributed by atoms with van der Waals surface area (Å²) >= 11 is 0. The molecule has 1 aliphatic heterocycles. The minimum absolute atomic E-state index is 0.0639. The smallest absolute Gasteiger partial charge is 0.151 e. The van der Waals surface area contributed by atoms with E-state index in [0.29, 0.717) is 19.1 Å². The summed E-state index contributed by atoms with van der Waals surface area (Å²) in [4.78, 5) is 6.45. The third kappa shape index (κ3) is 4.54. The molecule has 2 N–H and O–H groups in total. The summed E-state index contributed by atoms with van der Waals surface area (Å²) in [7, 11) is 4.15. The fraction of sp³-hybridized carbons (Fsp3) is 0.647. The Morgan fingerprint density at radius 2 is 1.70 bits per heavy atom. The molecule has 0 spiro atoms. The maximum absolute atomic E-state index is 14.0. The molecular formula is C17H28F2N4. The Kier molecular flexibility index (Phi) is 6.18. The monoisotopic (exact) mass is 326 g/mol. The highest BCUT2D eigenvalue weighted by Crippen LogP contribution is 2.29. The molecule has 0 aromatic heterocycles. The van der Waals surface area contributed by atoms with Crippen LogP contribution >= 0.6 is 0 Å². The van der Waals surface area contributed by atoms with Crippen LogP contribution in [-0.4, -0.2) is 62.7 Å². The first-order valence-corrected chi connectivity index (χ1v) is 8.30. The van der Waals surface area contributed by atoms with Gasteiger partial charge in [-0.1, -0.05) is 6.92 Å². The Balaban J connectivity index is 1.98. The summed E-state index contributed by atoms with van der Waals surface area (Å²) < 4.78 is 28.1. The first-order chi connectivity index (χ1) is 10.9. The molecule has 0 radical (unpaired) electrons. The van der Waals surface area contributed by atoms with Gasteiger partial charge >= 0.3 is 0 Å². The van der Waals surface area contributed by atoms with Gasteiger partial charge in [-0.05, 0) is 45.6 Å². The predicted molar refractivity (Wildman–Crippen MR) is 91.8 cm³/mol. The van der Waals surface area contributed by atoms with Gasteiger partial charge in [0.05, 0.1) is 0 Å². The topological polar surface area (TPSA) is 35.7 Å². The molecule has 1 aliphatic rings. The van der Waals surface area contributed by atoms with Crippen LogP contribution in [0.2, 0.25) is 0 Å². The van der Waals surface area contributed by atoms with Gasteiger partial charge in [0.2, 0.25) is 0 Å². The normalized spacial score (nSPS) is 16.6. The maximum atomic E-state index is 14.0. The Morgan fingerprint density at radius 1 is 1.13 bits per heavy atom. The second kappa shape index (κ2) is 7.93. The van der Waals surface area contributed by atoms with E-state index in [0.717, 1.165) is 32.5 Å². The van der Waals surface area contributed by atoms with Crippen molar-refractivity contribution in [3.05, 3.63) is 23.8 Å². The van der Waals surface area contributed by atoms with Crippen LogP contribution in [0.5, 0.6) is 0 Å². The van der Waals surface area contributed by atoms with Gasteiger partial charge in [0.1, 0.15) is 5.69 Å². The van der Waals surface area contributed by atoms with E-state index in [1.54, 1.807) is 4.90 Å². The minimum atomic E-state index is -0.569. The zero-order chi connectivity index (χ0) is 17.0. The van der Waals surface area contributed by atoms with Gasteiger partial charge in [0.15, 0.2) is 11.6 Å². The number of nitrogens with zero attached hydrogens (tertiary/aromatic N) is 3. The highest BCUT2D eigenvalue weighted by atomic mass is 19.1. The molecule has 0 bridgehead atoms. The number of benzene rings is 1. The zero-order valence-electron chi connectivity index (χ0n) is 14.4. The van der Waals surface area contributed by atoms with E-state index in [1.165, 1.54) is 12.1 Å². The first-order valence-electron chi connectivity index (χ1n) is 8.30. The summed E-state index contributed by atoms with van der Waals surface area (Å²) in [6.07, 6.45) is 1.84. The lowest BCUT2D eigenvalue weighted by molar-refractivity contribution is 0.162. The van der Waals surface area contributed by atoms with Gasteiger partial charge in [-0.2, -0.15) is 0 Å². The van der Waals surface area contributed by atoms with E-state index in [9.17, 15) is 8.78 Å². The fourth-order valence-corrected chi connectivity index (χ4v) is 3.27. The molecule has 0 aliphatic carbocycles. The zero-order valence-corrected chi connectivity index (χ0v) is 14.4. The van der Waals surface area contributed by atoms with Crippen LogP contribution in [0.25, 0.3) is 0 Å². The molecule has 4 nitrogen and oxygen atoms in total. The Bertz CT molecular complexity index is 490. The fourth-order valence-electron chi connectivity index (χ4n) is 3.27. The second-order valence-electron chi connectivity index (χ2n) is 6.48. The number of nitrogens with two attached hydrogens (primary N) is 1. The maximum Gasteiger partial charge on any atom is 0.151 e. The summed E-state index contributed by atoms with van der Waals surface area (Å²) in [6.45, 7) is 6.56. The largest absolute Gasteiger partial charge is 0.399 e. The molecule has 130 valence electrons. The molecule has 0 atom stereocenters. The molecule has 1 saturated heterocycles. The van der Waals surface area contributed by atoms with Crippen molar-refractivity contribution in [1.29, 1.82) is 0 Å². The molecule has 0 unspecified atom stereocenters. The average Bonchev–Trinajstić information content (AvgIpc) is 2.48. The van der Waals surface area contributed by atoms with E-state index in [1.807, 2.05) is 0 Å². The summed E-state index contributed by atoms with van der Waals surface area (Å²) in [5.74, 6) is -1.14. The first kappa shape index (κ1) is 17.9. The van der Waals surface area contributed by atoms with Crippen molar-refractivity contribution < 1.29 is 8.78 Å². The van der Waals surface area contributed by atoms with Gasteiger partial charge in [-0.25, -0.2) is 8.78 Å². The molecule has 6 heteroatoms. The van der Waals surface area contributed by atoms with Crippen molar-refractivity contribution in [3.8, 4) is 0 Å². The molecular weight excluding hydrogens is 298 g/mol. The van der Waals surface area contributed by atoms with Gasteiger partial charge in [0.25, 0.3) is 0 Å². The van der Waals surface area contributed by atoms with Gasteiger partial charge in [0, 0.05) is 37.9 Å². The van der Waals surface area contributed by atoms with Gasteiger partial charge in [-0.3, -0.25) is 4.90 Å². The number of likely N-dealkylation sites (N-methyl/N-ethyl adjacent to an activating group) is 2. The summed E-state index contributed by atoms with van der Waals surface area (Å²) in [5.41, 5.74) is 5.67. The second-order valence-corrected chi connectivity index (χ2v) is 6.48. The third-order valence-corrected chi connectivity index (χ3v) is 4.58. The number of hydrogen-bond donors (Lipinski definition) is 1. The lowest BCUT2D eigenvalue weighted by Crippen LogP contribution is -2.47. The molecule has 1 aromatic rings. The van der Waals surface area contributed by atoms with Gasteiger partial charge < -0.3 is 15.5 Å². The van der Waals surface area contributed by atoms with Crippen molar-refractivity contribution in [3.63, 3.8) is 0 Å². The minimum Gasteiger partial charge on any atom is -0.399 e. The molecule has 1 heterocycles. The van der Waals surface area contributed by atoms with Crippen molar-refractivity contribution in [2.24, 2.45) is 0 Å². The molecule has 0 amide bonds. The van der Waals surface area contributed by atoms with E-state index >= 15 is 0 Å². The quantitative estimate of drug-likeness (QED) is 0.815. The van der Waals surface area contributed by atoms with Crippen LogP contribution in [0.15, 0.2) is 12.1 Å². The highest BCUT2D eigenvalue weighted by molar-refractivity contribution is 5.56. The van der Waals surface area contributed by atoms with Crippen molar-refractivity contribution in [2.45, 2.75) is 25.8 Å². The molecule has 0 saturated carbocycles. The third-order valence-electron chi connectivity index (χ3n) is 4.58. The lowest BCUT2D eigenvalue weighted by Gasteiger charge is -2.39. The highest BCUT2D eigenvalue weighted by Gasteiger charge is 2.26.